The molecule has 2 atom stereocenters. The minimum absolute atomic E-state index is 0.193. The van der Waals surface area contributed by atoms with E-state index in [1.165, 1.54) is 0 Å². The Hall–Kier alpha value is -3.23. The summed E-state index contributed by atoms with van der Waals surface area (Å²) in [5.74, 6) is -1.56. The van der Waals surface area contributed by atoms with Gasteiger partial charge in [0.1, 0.15) is 0 Å². The Balaban J connectivity index is 2.19. The third-order valence-electron chi connectivity index (χ3n) is 5.72. The van der Waals surface area contributed by atoms with Crippen molar-refractivity contribution in [3.8, 4) is 11.1 Å². The number of carboxylic acids is 1. The number of carboxylic acid groups (broad SMARTS) is 1. The van der Waals surface area contributed by atoms with Crippen LogP contribution >= 0.6 is 0 Å². The van der Waals surface area contributed by atoms with Gasteiger partial charge in [-0.05, 0) is 29.2 Å². The zero-order valence-electron chi connectivity index (χ0n) is 18.7. The van der Waals surface area contributed by atoms with E-state index in [9.17, 15) is 14.7 Å². The summed E-state index contributed by atoms with van der Waals surface area (Å²) in [5.41, 5.74) is 9.09. The van der Waals surface area contributed by atoms with E-state index < -0.39 is 16.6 Å². The standard InChI is InChI=1S/C24H29N5O3/c1-4-5-10-21(30)29(22(16(2)3)24(31)32)23(26-27-28-29)20-9-7-6-8-19(20)18-13-11-17(15-25)12-14-18/h6-9,11-14,16,22H,4-5,10,15,25H2,1-3H3/p+1/t22?,29-/m0/s1. The normalized spacial score (nSPS) is 18.6. The lowest BCUT2D eigenvalue weighted by molar-refractivity contribution is -0.795. The van der Waals surface area contributed by atoms with Gasteiger partial charge in [-0.25, -0.2) is 9.59 Å². The van der Waals surface area contributed by atoms with Gasteiger partial charge in [-0.15, -0.1) is 0 Å². The van der Waals surface area contributed by atoms with E-state index in [2.05, 4.69) is 15.5 Å². The van der Waals surface area contributed by atoms with Gasteiger partial charge in [0.15, 0.2) is 0 Å². The number of aliphatic carboxylic acids is 1. The average Bonchev–Trinajstić information content (AvgIpc) is 3.22. The number of carbonyl (C=O) groups excluding carboxylic acids is 1. The van der Waals surface area contributed by atoms with Crippen LogP contribution in [0.3, 0.4) is 0 Å². The Morgan fingerprint density at radius 3 is 2.28 bits per heavy atom. The molecule has 1 amide bonds. The van der Waals surface area contributed by atoms with Crippen molar-refractivity contribution in [1.29, 1.82) is 0 Å². The van der Waals surface area contributed by atoms with Crippen molar-refractivity contribution in [2.24, 2.45) is 27.2 Å². The van der Waals surface area contributed by atoms with Crippen LogP contribution in [0.5, 0.6) is 0 Å². The molecule has 0 radical (unpaired) electrons. The van der Waals surface area contributed by atoms with Crippen molar-refractivity contribution in [3.05, 3.63) is 59.7 Å². The molecule has 8 nitrogen and oxygen atoms in total. The maximum atomic E-state index is 13.6. The molecule has 0 saturated heterocycles. The average molecular weight is 437 g/mol. The molecule has 168 valence electrons. The van der Waals surface area contributed by atoms with Gasteiger partial charge in [0.05, 0.1) is 17.2 Å². The number of hydrogen-bond donors (Lipinski definition) is 2. The second-order valence-corrected chi connectivity index (χ2v) is 8.26. The minimum Gasteiger partial charge on any atom is -0.477 e. The molecule has 0 aliphatic carbocycles. The van der Waals surface area contributed by atoms with Crippen molar-refractivity contribution in [2.45, 2.75) is 52.6 Å². The van der Waals surface area contributed by atoms with Crippen molar-refractivity contribution in [2.75, 3.05) is 0 Å². The van der Waals surface area contributed by atoms with Crippen LogP contribution < -0.4 is 5.73 Å². The predicted octanol–water partition coefficient (Wildman–Crippen LogP) is 4.50. The Labute approximate surface area is 188 Å². The van der Waals surface area contributed by atoms with Crippen LogP contribution in [-0.4, -0.2) is 33.5 Å². The number of nitrogens with zero attached hydrogens (tertiary/aromatic N) is 4. The quantitative estimate of drug-likeness (QED) is 0.563. The highest BCUT2D eigenvalue weighted by molar-refractivity contribution is 6.06. The zero-order valence-corrected chi connectivity index (χ0v) is 18.7. The van der Waals surface area contributed by atoms with Crippen LogP contribution in [-0.2, 0) is 16.1 Å². The van der Waals surface area contributed by atoms with Crippen LogP contribution in [0, 0.1) is 5.92 Å². The van der Waals surface area contributed by atoms with Gasteiger partial charge in [-0.3, -0.25) is 0 Å². The molecule has 0 aromatic heterocycles. The van der Waals surface area contributed by atoms with Gasteiger partial charge in [0, 0.05) is 17.7 Å². The monoisotopic (exact) mass is 436 g/mol. The maximum Gasteiger partial charge on any atom is 0.366 e. The van der Waals surface area contributed by atoms with Crippen molar-refractivity contribution in [3.63, 3.8) is 0 Å². The summed E-state index contributed by atoms with van der Waals surface area (Å²) in [6, 6.07) is 14.1. The highest BCUT2D eigenvalue weighted by atomic mass is 16.4. The molecule has 2 aromatic rings. The van der Waals surface area contributed by atoms with E-state index >= 15 is 0 Å². The van der Waals surface area contributed by atoms with Gasteiger partial charge in [-0.1, -0.05) is 79.4 Å². The molecule has 32 heavy (non-hydrogen) atoms. The van der Waals surface area contributed by atoms with Crippen molar-refractivity contribution in [1.82, 2.24) is 0 Å². The fourth-order valence-corrected chi connectivity index (χ4v) is 4.11. The summed E-state index contributed by atoms with van der Waals surface area (Å²) in [4.78, 5) is 25.9. The third-order valence-corrected chi connectivity index (χ3v) is 5.72. The van der Waals surface area contributed by atoms with E-state index in [-0.39, 0.29) is 24.1 Å². The van der Waals surface area contributed by atoms with E-state index in [1.807, 2.05) is 55.5 Å². The molecule has 1 heterocycles. The summed E-state index contributed by atoms with van der Waals surface area (Å²) < 4.78 is -0.759. The van der Waals surface area contributed by atoms with Crippen LogP contribution in [0.2, 0.25) is 0 Å². The number of hydrogen-bond acceptors (Lipinski definition) is 6. The smallest absolute Gasteiger partial charge is 0.366 e. The molecular formula is C24H30N5O3+. The van der Waals surface area contributed by atoms with Gasteiger partial charge < -0.3 is 10.8 Å². The second-order valence-electron chi connectivity index (χ2n) is 8.26. The van der Waals surface area contributed by atoms with Crippen LogP contribution in [0.1, 0.15) is 51.2 Å². The predicted molar refractivity (Wildman–Crippen MR) is 122 cm³/mol. The van der Waals surface area contributed by atoms with Gasteiger partial charge in [-0.2, -0.15) is 0 Å². The van der Waals surface area contributed by atoms with Crippen molar-refractivity contribution < 1.29 is 19.3 Å². The SMILES string of the molecule is CCCCC(=O)[N@@+]1(C(C(=O)O)C(C)C)N=NN=C1c1ccccc1-c1ccc(CN)cc1. The summed E-state index contributed by atoms with van der Waals surface area (Å²) >= 11 is 0. The molecule has 0 saturated carbocycles. The lowest BCUT2D eigenvalue weighted by Crippen LogP contribution is -2.62. The van der Waals surface area contributed by atoms with Crippen LogP contribution in [0.4, 0.5) is 0 Å². The molecule has 0 fully saturated rings. The molecular weight excluding hydrogens is 406 g/mol. The number of carbonyl (C=O) groups is 2. The second kappa shape index (κ2) is 9.93. The number of benzene rings is 2. The minimum atomic E-state index is -1.14. The van der Waals surface area contributed by atoms with E-state index in [4.69, 9.17) is 5.73 Å². The molecule has 1 aliphatic heterocycles. The molecule has 1 aliphatic rings. The van der Waals surface area contributed by atoms with Crippen LogP contribution in [0.15, 0.2) is 64.1 Å². The first-order valence-corrected chi connectivity index (χ1v) is 10.9. The molecule has 1 unspecified atom stereocenters. The van der Waals surface area contributed by atoms with E-state index in [1.54, 1.807) is 13.8 Å². The number of nitrogens with two attached hydrogens (primary N) is 1. The number of quaternary nitrogens is 1. The van der Waals surface area contributed by atoms with Crippen LogP contribution in [0.25, 0.3) is 11.1 Å². The summed E-state index contributed by atoms with van der Waals surface area (Å²) in [6.45, 7) is 5.96. The fraction of sp³-hybridized carbons (Fsp3) is 0.375. The highest BCUT2D eigenvalue weighted by Gasteiger charge is 2.59. The van der Waals surface area contributed by atoms with Crippen molar-refractivity contribution >= 4 is 17.7 Å². The van der Waals surface area contributed by atoms with E-state index in [0.717, 1.165) is 23.1 Å². The van der Waals surface area contributed by atoms with Gasteiger partial charge in [0.25, 0.3) is 5.84 Å². The molecule has 8 heteroatoms. The topological polar surface area (TPSA) is 117 Å². The Morgan fingerprint density at radius 2 is 1.72 bits per heavy atom. The summed E-state index contributed by atoms with van der Waals surface area (Å²) in [5, 5.41) is 22.4. The third kappa shape index (κ3) is 4.24. The lowest BCUT2D eigenvalue weighted by atomic mass is 9.94. The first kappa shape index (κ1) is 23.4. The largest absolute Gasteiger partial charge is 0.477 e. The molecule has 2 aromatic carbocycles. The number of rotatable bonds is 9. The molecule has 3 N–H and O–H groups in total. The van der Waals surface area contributed by atoms with Gasteiger partial charge in [0.2, 0.25) is 6.04 Å². The molecule has 0 bridgehead atoms. The Kier molecular flexibility index (Phi) is 7.27. The number of unbranched alkanes of at least 4 members (excludes halogenated alkanes) is 1. The Bertz CT molecular complexity index is 1050. The first-order valence-electron chi connectivity index (χ1n) is 10.9. The molecule has 3 rings (SSSR count). The zero-order chi connectivity index (χ0) is 23.3. The number of amides is 1. The number of amidine groups is 1. The highest BCUT2D eigenvalue weighted by Crippen LogP contribution is 2.36. The fourth-order valence-electron chi connectivity index (χ4n) is 4.11. The maximum absolute atomic E-state index is 13.6. The summed E-state index contributed by atoms with van der Waals surface area (Å²) in [7, 11) is 0. The summed E-state index contributed by atoms with van der Waals surface area (Å²) in [6.07, 6.45) is 1.63. The molecule has 0 spiro atoms. The first-order chi connectivity index (χ1) is 15.4. The lowest BCUT2D eigenvalue weighted by Gasteiger charge is -2.32. The van der Waals surface area contributed by atoms with E-state index in [0.29, 0.717) is 18.5 Å². The van der Waals surface area contributed by atoms with Gasteiger partial charge >= 0.3 is 11.9 Å². The Morgan fingerprint density at radius 1 is 1.06 bits per heavy atom.